The predicted octanol–water partition coefficient (Wildman–Crippen LogP) is 3.01. The Labute approximate surface area is 155 Å². The standard InChI is InChI=1S/C17H25N5.HI/c1-4-18-17(21-14(2)3)19-12-15-7-5-8-16(11-15)13-22-10-6-9-20-22;/h5-11,14H,4,12-13H2,1-3H3,(H2,18,19,21);1H. The van der Waals surface area contributed by atoms with E-state index in [0.717, 1.165) is 19.0 Å². The Morgan fingerprint density at radius 2 is 2.04 bits per heavy atom. The molecule has 126 valence electrons. The molecule has 23 heavy (non-hydrogen) atoms. The molecule has 0 unspecified atom stereocenters. The molecule has 0 amide bonds. The maximum absolute atomic E-state index is 4.63. The molecule has 1 aromatic heterocycles. The van der Waals surface area contributed by atoms with E-state index in [0.29, 0.717) is 12.6 Å². The van der Waals surface area contributed by atoms with Crippen LogP contribution in [-0.4, -0.2) is 28.3 Å². The van der Waals surface area contributed by atoms with Crippen molar-refractivity contribution in [2.24, 2.45) is 4.99 Å². The van der Waals surface area contributed by atoms with Crippen molar-refractivity contribution in [3.8, 4) is 0 Å². The fourth-order valence-corrected chi connectivity index (χ4v) is 2.17. The lowest BCUT2D eigenvalue weighted by Crippen LogP contribution is -2.40. The zero-order chi connectivity index (χ0) is 15.8. The van der Waals surface area contributed by atoms with E-state index in [1.807, 2.05) is 16.9 Å². The van der Waals surface area contributed by atoms with Crippen LogP contribution in [0.3, 0.4) is 0 Å². The SMILES string of the molecule is CCNC(=NCc1cccc(Cn2cccn2)c1)NC(C)C.I. The van der Waals surface area contributed by atoms with Crippen molar-refractivity contribution in [1.29, 1.82) is 0 Å². The molecule has 0 radical (unpaired) electrons. The molecule has 0 saturated carbocycles. The minimum absolute atomic E-state index is 0. The van der Waals surface area contributed by atoms with E-state index in [9.17, 15) is 0 Å². The van der Waals surface area contributed by atoms with Crippen LogP contribution >= 0.6 is 24.0 Å². The molecule has 1 heterocycles. The van der Waals surface area contributed by atoms with E-state index in [4.69, 9.17) is 0 Å². The van der Waals surface area contributed by atoms with Crippen LogP contribution in [0.25, 0.3) is 0 Å². The maximum Gasteiger partial charge on any atom is 0.191 e. The third kappa shape index (κ3) is 7.02. The summed E-state index contributed by atoms with van der Waals surface area (Å²) < 4.78 is 1.92. The number of guanidine groups is 1. The zero-order valence-electron chi connectivity index (χ0n) is 14.0. The summed E-state index contributed by atoms with van der Waals surface area (Å²) in [6.07, 6.45) is 3.77. The normalized spacial score (nSPS) is 11.2. The Morgan fingerprint density at radius 1 is 1.26 bits per heavy atom. The van der Waals surface area contributed by atoms with Crippen molar-refractivity contribution in [3.05, 3.63) is 53.9 Å². The van der Waals surface area contributed by atoms with Gasteiger partial charge in [-0.25, -0.2) is 4.99 Å². The molecule has 0 saturated heterocycles. The first-order valence-corrected chi connectivity index (χ1v) is 7.77. The van der Waals surface area contributed by atoms with Crippen molar-refractivity contribution < 1.29 is 0 Å². The van der Waals surface area contributed by atoms with Gasteiger partial charge in [0.2, 0.25) is 0 Å². The molecule has 0 bridgehead atoms. The Hall–Kier alpha value is -1.57. The molecule has 1 aromatic carbocycles. The predicted molar refractivity (Wildman–Crippen MR) is 106 cm³/mol. The summed E-state index contributed by atoms with van der Waals surface area (Å²) in [6, 6.07) is 10.8. The van der Waals surface area contributed by atoms with Gasteiger partial charge in [-0.3, -0.25) is 4.68 Å². The third-order valence-corrected chi connectivity index (χ3v) is 3.08. The molecule has 5 nitrogen and oxygen atoms in total. The number of halogens is 1. The fraction of sp³-hybridized carbons (Fsp3) is 0.412. The molecule has 0 fully saturated rings. The van der Waals surface area contributed by atoms with Gasteiger partial charge in [0.15, 0.2) is 5.96 Å². The molecule has 0 aliphatic carbocycles. The fourth-order valence-electron chi connectivity index (χ4n) is 2.17. The molecule has 2 aromatic rings. The average molecular weight is 427 g/mol. The van der Waals surface area contributed by atoms with Crippen molar-refractivity contribution in [2.45, 2.75) is 39.9 Å². The largest absolute Gasteiger partial charge is 0.357 e. The molecule has 6 heteroatoms. The first-order valence-electron chi connectivity index (χ1n) is 7.77. The van der Waals surface area contributed by atoms with E-state index in [1.54, 1.807) is 6.20 Å². The van der Waals surface area contributed by atoms with Crippen molar-refractivity contribution in [3.63, 3.8) is 0 Å². The Bertz CT molecular complexity index is 593. The van der Waals surface area contributed by atoms with E-state index in [1.165, 1.54) is 11.1 Å². The van der Waals surface area contributed by atoms with Crippen LogP contribution in [0, 0.1) is 0 Å². The Balaban J connectivity index is 0.00000264. The van der Waals surface area contributed by atoms with Gasteiger partial charge in [-0.05, 0) is 38.0 Å². The number of nitrogens with zero attached hydrogens (tertiary/aromatic N) is 3. The first kappa shape index (κ1) is 19.5. The summed E-state index contributed by atoms with van der Waals surface area (Å²) in [5.41, 5.74) is 2.43. The minimum Gasteiger partial charge on any atom is -0.357 e. The van der Waals surface area contributed by atoms with E-state index < -0.39 is 0 Å². The van der Waals surface area contributed by atoms with Crippen LogP contribution in [0.1, 0.15) is 31.9 Å². The van der Waals surface area contributed by atoms with Crippen molar-refractivity contribution in [2.75, 3.05) is 6.54 Å². The molecule has 2 N–H and O–H groups in total. The number of aromatic nitrogens is 2. The van der Waals surface area contributed by atoms with Gasteiger partial charge in [0.25, 0.3) is 0 Å². The molecule has 2 rings (SSSR count). The van der Waals surface area contributed by atoms with Gasteiger partial charge in [0.1, 0.15) is 0 Å². The molecular formula is C17H26IN5. The van der Waals surface area contributed by atoms with Gasteiger partial charge < -0.3 is 10.6 Å². The van der Waals surface area contributed by atoms with E-state index in [2.05, 4.69) is 65.8 Å². The van der Waals surface area contributed by atoms with Crippen LogP contribution in [-0.2, 0) is 13.1 Å². The first-order chi connectivity index (χ1) is 10.7. The summed E-state index contributed by atoms with van der Waals surface area (Å²) in [7, 11) is 0. The third-order valence-electron chi connectivity index (χ3n) is 3.08. The Kier molecular flexibility index (Phi) is 8.68. The highest BCUT2D eigenvalue weighted by molar-refractivity contribution is 14.0. The molecule has 0 aliphatic heterocycles. The molecule has 0 spiro atoms. The van der Waals surface area contributed by atoms with Crippen LogP contribution in [0.2, 0.25) is 0 Å². The highest BCUT2D eigenvalue weighted by Crippen LogP contribution is 2.08. The second kappa shape index (κ2) is 10.3. The van der Waals surface area contributed by atoms with Crippen LogP contribution in [0.15, 0.2) is 47.7 Å². The van der Waals surface area contributed by atoms with Crippen LogP contribution in [0.4, 0.5) is 0 Å². The lowest BCUT2D eigenvalue weighted by molar-refractivity contribution is 0.685. The second-order valence-electron chi connectivity index (χ2n) is 5.52. The summed E-state index contributed by atoms with van der Waals surface area (Å²) in [5, 5.41) is 10.8. The van der Waals surface area contributed by atoms with Crippen molar-refractivity contribution >= 4 is 29.9 Å². The molecule has 0 atom stereocenters. The lowest BCUT2D eigenvalue weighted by atomic mass is 10.1. The number of hydrogen-bond acceptors (Lipinski definition) is 2. The molecule has 0 aliphatic rings. The van der Waals surface area contributed by atoms with Crippen LogP contribution in [0.5, 0.6) is 0 Å². The lowest BCUT2D eigenvalue weighted by Gasteiger charge is -2.14. The maximum atomic E-state index is 4.63. The quantitative estimate of drug-likeness (QED) is 0.424. The average Bonchev–Trinajstić information content (AvgIpc) is 2.98. The summed E-state index contributed by atoms with van der Waals surface area (Å²) in [4.78, 5) is 4.63. The minimum atomic E-state index is 0. The van der Waals surface area contributed by atoms with Crippen molar-refractivity contribution in [1.82, 2.24) is 20.4 Å². The van der Waals surface area contributed by atoms with E-state index >= 15 is 0 Å². The highest BCUT2D eigenvalue weighted by atomic mass is 127. The number of hydrogen-bond donors (Lipinski definition) is 2. The number of benzene rings is 1. The summed E-state index contributed by atoms with van der Waals surface area (Å²) in [5.74, 6) is 0.856. The summed E-state index contributed by atoms with van der Waals surface area (Å²) in [6.45, 7) is 8.60. The topological polar surface area (TPSA) is 54.2 Å². The smallest absolute Gasteiger partial charge is 0.191 e. The highest BCUT2D eigenvalue weighted by Gasteiger charge is 2.01. The van der Waals surface area contributed by atoms with Gasteiger partial charge >= 0.3 is 0 Å². The number of rotatable bonds is 6. The van der Waals surface area contributed by atoms with E-state index in [-0.39, 0.29) is 24.0 Å². The van der Waals surface area contributed by atoms with Gasteiger partial charge in [-0.15, -0.1) is 24.0 Å². The second-order valence-corrected chi connectivity index (χ2v) is 5.52. The Morgan fingerprint density at radius 3 is 2.70 bits per heavy atom. The number of nitrogens with one attached hydrogen (secondary N) is 2. The molecular weight excluding hydrogens is 401 g/mol. The van der Waals surface area contributed by atoms with Gasteiger partial charge in [-0.1, -0.05) is 24.3 Å². The summed E-state index contributed by atoms with van der Waals surface area (Å²) >= 11 is 0. The van der Waals surface area contributed by atoms with Gasteiger partial charge in [0, 0.05) is 25.0 Å². The zero-order valence-corrected chi connectivity index (χ0v) is 16.3. The number of aliphatic imine (C=N–C) groups is 1. The van der Waals surface area contributed by atoms with Gasteiger partial charge in [-0.2, -0.15) is 5.10 Å². The monoisotopic (exact) mass is 427 g/mol. The van der Waals surface area contributed by atoms with Crippen LogP contribution < -0.4 is 10.6 Å². The van der Waals surface area contributed by atoms with Gasteiger partial charge in [0.05, 0.1) is 13.1 Å².